The van der Waals surface area contributed by atoms with Gasteiger partial charge in [0.05, 0.1) is 33.5 Å². The first-order valence-corrected chi connectivity index (χ1v) is 9.11. The third kappa shape index (κ3) is 6.02. The van der Waals surface area contributed by atoms with Crippen molar-refractivity contribution in [3.8, 4) is 17.2 Å². The van der Waals surface area contributed by atoms with Gasteiger partial charge in [0.1, 0.15) is 0 Å². The Bertz CT molecular complexity index is 757. The van der Waals surface area contributed by atoms with Crippen molar-refractivity contribution in [3.63, 3.8) is 0 Å². The van der Waals surface area contributed by atoms with Gasteiger partial charge in [-0.2, -0.15) is 0 Å². The summed E-state index contributed by atoms with van der Waals surface area (Å²) in [5, 5.41) is 0. The molecule has 0 fully saturated rings. The molecule has 0 spiro atoms. The van der Waals surface area contributed by atoms with Crippen LogP contribution < -0.4 is 14.2 Å². The molecule has 2 aromatic rings. The minimum absolute atomic E-state index is 0. The fourth-order valence-corrected chi connectivity index (χ4v) is 3.02. The van der Waals surface area contributed by atoms with Gasteiger partial charge < -0.3 is 23.8 Å². The third-order valence-electron chi connectivity index (χ3n) is 4.92. The number of halogens is 1. The Hall–Kier alpha value is -2.44. The molecule has 29 heavy (non-hydrogen) atoms. The first kappa shape index (κ1) is 24.6. The van der Waals surface area contributed by atoms with Gasteiger partial charge in [-0.3, -0.25) is 0 Å². The molecule has 160 valence electrons. The van der Waals surface area contributed by atoms with Crippen LogP contribution in [0.3, 0.4) is 0 Å². The third-order valence-corrected chi connectivity index (χ3v) is 4.92. The predicted octanol–water partition coefficient (Wildman–Crippen LogP) is 4.02. The van der Waals surface area contributed by atoms with E-state index in [1.54, 1.807) is 12.1 Å². The Kier molecular flexibility index (Phi) is 9.78. The molecule has 0 aliphatic heterocycles. The van der Waals surface area contributed by atoms with Crippen molar-refractivity contribution in [1.29, 1.82) is 0 Å². The Morgan fingerprint density at radius 3 is 1.97 bits per heavy atom. The highest BCUT2D eigenvalue weighted by molar-refractivity contribution is 5.91. The zero-order valence-electron chi connectivity index (χ0n) is 17.8. The molecule has 2 rings (SSSR count). The predicted molar refractivity (Wildman–Crippen MR) is 116 cm³/mol. The van der Waals surface area contributed by atoms with E-state index in [9.17, 15) is 4.79 Å². The van der Waals surface area contributed by atoms with Gasteiger partial charge in [-0.15, -0.1) is 12.4 Å². The topological polar surface area (TPSA) is 57.2 Å². The van der Waals surface area contributed by atoms with Crippen LogP contribution in [0.5, 0.6) is 17.2 Å². The number of benzene rings is 2. The second kappa shape index (κ2) is 11.5. The summed E-state index contributed by atoms with van der Waals surface area (Å²) >= 11 is 0. The Morgan fingerprint density at radius 1 is 0.966 bits per heavy atom. The van der Waals surface area contributed by atoms with Gasteiger partial charge in [-0.25, -0.2) is 4.79 Å². The monoisotopic (exact) mass is 423 g/mol. The van der Waals surface area contributed by atoms with Gasteiger partial charge in [-0.1, -0.05) is 30.3 Å². The fourth-order valence-electron chi connectivity index (χ4n) is 3.02. The van der Waals surface area contributed by atoms with Gasteiger partial charge in [0.25, 0.3) is 0 Å². The van der Waals surface area contributed by atoms with Crippen LogP contribution in [0.1, 0.15) is 28.8 Å². The van der Waals surface area contributed by atoms with Gasteiger partial charge in [-0.05, 0) is 38.7 Å². The SMILES string of the molecule is COc1cc(C(=O)OCC(c2ccccc2)C(C)N(C)C)cc(OC)c1OC.Cl. The lowest BCUT2D eigenvalue weighted by atomic mass is 9.92. The first-order chi connectivity index (χ1) is 13.4. The second-order valence-corrected chi connectivity index (χ2v) is 6.73. The molecular formula is C22H30ClNO5. The second-order valence-electron chi connectivity index (χ2n) is 6.73. The zero-order chi connectivity index (χ0) is 20.7. The van der Waals surface area contributed by atoms with Gasteiger partial charge >= 0.3 is 5.97 Å². The quantitative estimate of drug-likeness (QED) is 0.568. The average molecular weight is 424 g/mol. The smallest absolute Gasteiger partial charge is 0.338 e. The number of nitrogens with zero attached hydrogens (tertiary/aromatic N) is 1. The summed E-state index contributed by atoms with van der Waals surface area (Å²) in [6, 6.07) is 13.4. The van der Waals surface area contributed by atoms with Crippen LogP contribution in [0.4, 0.5) is 0 Å². The molecule has 0 aromatic heterocycles. The van der Waals surface area contributed by atoms with E-state index in [2.05, 4.69) is 24.0 Å². The number of carbonyl (C=O) groups is 1. The molecule has 0 radical (unpaired) electrons. The van der Waals surface area contributed by atoms with Gasteiger partial charge in [0, 0.05) is 12.0 Å². The van der Waals surface area contributed by atoms with Gasteiger partial charge in [0.2, 0.25) is 5.75 Å². The van der Waals surface area contributed by atoms with Crippen molar-refractivity contribution >= 4 is 18.4 Å². The van der Waals surface area contributed by atoms with Crippen LogP contribution in [-0.2, 0) is 4.74 Å². The van der Waals surface area contributed by atoms with Crippen molar-refractivity contribution in [2.75, 3.05) is 42.0 Å². The van der Waals surface area contributed by atoms with E-state index in [0.717, 1.165) is 5.56 Å². The molecule has 0 aliphatic rings. The highest BCUT2D eigenvalue weighted by Crippen LogP contribution is 2.38. The Morgan fingerprint density at radius 2 is 1.52 bits per heavy atom. The molecule has 2 aromatic carbocycles. The maximum absolute atomic E-state index is 12.7. The summed E-state index contributed by atoms with van der Waals surface area (Å²) in [4.78, 5) is 14.8. The Labute approximate surface area is 179 Å². The summed E-state index contributed by atoms with van der Waals surface area (Å²) < 4.78 is 21.6. The number of methoxy groups -OCH3 is 3. The van der Waals surface area contributed by atoms with Crippen molar-refractivity contribution in [3.05, 3.63) is 53.6 Å². The standard InChI is InChI=1S/C22H29NO5.ClH/c1-15(23(2)3)18(16-10-8-7-9-11-16)14-28-22(24)17-12-19(25-4)21(27-6)20(13-17)26-5;/h7-13,15,18H,14H2,1-6H3;1H. The molecule has 6 nitrogen and oxygen atoms in total. The largest absolute Gasteiger partial charge is 0.493 e. The number of ether oxygens (including phenoxy) is 4. The molecule has 0 aliphatic carbocycles. The van der Waals surface area contributed by atoms with Crippen LogP contribution in [0.15, 0.2) is 42.5 Å². The normalized spacial score (nSPS) is 12.5. The van der Waals surface area contributed by atoms with Crippen LogP contribution in [0, 0.1) is 0 Å². The summed E-state index contributed by atoms with van der Waals surface area (Å²) in [6.07, 6.45) is 0. The van der Waals surface area contributed by atoms with E-state index < -0.39 is 5.97 Å². The van der Waals surface area contributed by atoms with Crippen LogP contribution >= 0.6 is 12.4 Å². The van der Waals surface area contributed by atoms with Crippen LogP contribution in [-0.4, -0.2) is 58.9 Å². The lowest BCUT2D eigenvalue weighted by Crippen LogP contribution is -2.34. The van der Waals surface area contributed by atoms with E-state index in [-0.39, 0.29) is 31.0 Å². The van der Waals surface area contributed by atoms with E-state index in [1.807, 2.05) is 32.3 Å². The lowest BCUT2D eigenvalue weighted by molar-refractivity contribution is 0.0441. The lowest BCUT2D eigenvalue weighted by Gasteiger charge is -2.29. The average Bonchev–Trinajstić information content (AvgIpc) is 2.72. The molecule has 0 saturated carbocycles. The highest BCUT2D eigenvalue weighted by Gasteiger charge is 2.24. The van der Waals surface area contributed by atoms with E-state index in [1.165, 1.54) is 21.3 Å². The zero-order valence-corrected chi connectivity index (χ0v) is 18.6. The summed E-state index contributed by atoms with van der Waals surface area (Å²) in [7, 11) is 8.57. The van der Waals surface area contributed by atoms with Gasteiger partial charge in [0.15, 0.2) is 11.5 Å². The summed E-state index contributed by atoms with van der Waals surface area (Å²) in [6.45, 7) is 2.38. The molecule has 7 heteroatoms. The maximum Gasteiger partial charge on any atom is 0.338 e. The molecule has 0 amide bonds. The van der Waals surface area contributed by atoms with Crippen LogP contribution in [0.2, 0.25) is 0 Å². The highest BCUT2D eigenvalue weighted by atomic mass is 35.5. The van der Waals surface area contributed by atoms with E-state index in [4.69, 9.17) is 18.9 Å². The number of rotatable bonds is 9. The number of likely N-dealkylation sites (N-methyl/N-ethyl adjacent to an activating group) is 1. The molecule has 0 N–H and O–H groups in total. The van der Waals surface area contributed by atoms with Crippen molar-refractivity contribution in [2.45, 2.75) is 18.9 Å². The van der Waals surface area contributed by atoms with Crippen molar-refractivity contribution in [2.24, 2.45) is 0 Å². The summed E-state index contributed by atoms with van der Waals surface area (Å²) in [5.41, 5.74) is 1.47. The van der Waals surface area contributed by atoms with E-state index >= 15 is 0 Å². The van der Waals surface area contributed by atoms with Crippen molar-refractivity contribution < 1.29 is 23.7 Å². The molecule has 2 atom stereocenters. The number of hydrogen-bond acceptors (Lipinski definition) is 6. The van der Waals surface area contributed by atoms with E-state index in [0.29, 0.717) is 22.8 Å². The number of hydrogen-bond donors (Lipinski definition) is 0. The number of carbonyl (C=O) groups excluding carboxylic acids is 1. The first-order valence-electron chi connectivity index (χ1n) is 9.11. The minimum Gasteiger partial charge on any atom is -0.493 e. The molecule has 0 saturated heterocycles. The maximum atomic E-state index is 12.7. The fraction of sp³-hybridized carbons (Fsp3) is 0.409. The Balaban J connectivity index is 0.00000420. The number of esters is 1. The minimum atomic E-state index is -0.439. The molecule has 0 bridgehead atoms. The molecule has 2 unspecified atom stereocenters. The van der Waals surface area contributed by atoms with Crippen molar-refractivity contribution in [1.82, 2.24) is 4.90 Å². The summed E-state index contributed by atoms with van der Waals surface area (Å²) in [5.74, 6) is 0.864. The molecule has 0 heterocycles. The molecular weight excluding hydrogens is 394 g/mol. The van der Waals surface area contributed by atoms with Crippen LogP contribution in [0.25, 0.3) is 0 Å².